The Hall–Kier alpha value is -2.34. The van der Waals surface area contributed by atoms with Crippen LogP contribution in [0.3, 0.4) is 0 Å². The van der Waals surface area contributed by atoms with Crippen molar-refractivity contribution in [2.24, 2.45) is 34.5 Å². The third-order valence-corrected chi connectivity index (χ3v) is 8.81. The minimum absolute atomic E-state index is 0.00898. The first-order valence-electron chi connectivity index (χ1n) is 9.53. The summed E-state index contributed by atoms with van der Waals surface area (Å²) in [7, 11) is 0. The van der Waals surface area contributed by atoms with Crippen molar-refractivity contribution in [1.82, 2.24) is 13.9 Å². The second-order valence-electron chi connectivity index (χ2n) is 9.13. The van der Waals surface area contributed by atoms with Gasteiger partial charge in [0.2, 0.25) is 0 Å². The highest BCUT2D eigenvalue weighted by Gasteiger charge is 3.02. The van der Waals surface area contributed by atoms with Gasteiger partial charge in [-0.1, -0.05) is 30.4 Å². The average Bonchev–Trinajstić information content (AvgIpc) is 3.40. The molecule has 26 heavy (non-hydrogen) atoms. The van der Waals surface area contributed by atoms with Crippen molar-refractivity contribution in [2.75, 3.05) is 0 Å². The predicted molar refractivity (Wildman–Crippen MR) is 91.0 cm³/mol. The number of aliphatic hydroxyl groups excluding tert-OH is 1. The summed E-state index contributed by atoms with van der Waals surface area (Å²) in [5.41, 5.74) is 0.254. The van der Waals surface area contributed by atoms with Crippen LogP contribution in [0.5, 0.6) is 0 Å². The summed E-state index contributed by atoms with van der Waals surface area (Å²) < 4.78 is 4.93. The van der Waals surface area contributed by atoms with Crippen LogP contribution in [-0.2, 0) is 0 Å². The van der Waals surface area contributed by atoms with E-state index in [0.717, 1.165) is 6.42 Å². The fourth-order valence-electron chi connectivity index (χ4n) is 8.52. The van der Waals surface area contributed by atoms with Gasteiger partial charge in [-0.3, -0.25) is 0 Å². The Labute approximate surface area is 148 Å². The van der Waals surface area contributed by atoms with Gasteiger partial charge < -0.3 is 5.11 Å². The molecule has 1 aromatic carbocycles. The minimum atomic E-state index is -0.421. The maximum atomic E-state index is 13.3. The highest BCUT2D eigenvalue weighted by Crippen LogP contribution is 3.03. The molecule has 4 saturated carbocycles. The quantitative estimate of drug-likeness (QED) is 0.773. The van der Waals surface area contributed by atoms with E-state index < -0.39 is 6.10 Å². The molecule has 0 amide bonds. The van der Waals surface area contributed by atoms with Crippen LogP contribution in [0.15, 0.2) is 52.1 Å². The highest BCUT2D eigenvalue weighted by molar-refractivity contribution is 5.54. The fraction of sp³-hybridized carbons (Fsp3) is 0.500. The van der Waals surface area contributed by atoms with Crippen LogP contribution >= 0.6 is 0 Å². The monoisotopic (exact) mass is 347 g/mol. The smallest absolute Gasteiger partial charge is 0.352 e. The lowest BCUT2D eigenvalue weighted by atomic mass is 9.67. The van der Waals surface area contributed by atoms with Crippen LogP contribution < -0.4 is 11.4 Å². The average molecular weight is 347 g/mol. The Bertz CT molecular complexity index is 1190. The fourth-order valence-corrected chi connectivity index (χ4v) is 8.52. The number of rotatable bonds is 1. The van der Waals surface area contributed by atoms with Gasteiger partial charge in [-0.2, -0.15) is 0 Å². The third-order valence-electron chi connectivity index (χ3n) is 8.81. The zero-order chi connectivity index (χ0) is 17.2. The van der Waals surface area contributed by atoms with Crippen molar-refractivity contribution in [1.29, 1.82) is 0 Å². The molecule has 0 unspecified atom stereocenters. The summed E-state index contributed by atoms with van der Waals surface area (Å²) in [5.74, 6) is 2.30. The lowest BCUT2D eigenvalue weighted by Gasteiger charge is -2.49. The van der Waals surface area contributed by atoms with E-state index in [4.69, 9.17) is 0 Å². The van der Waals surface area contributed by atoms with Crippen LogP contribution in [-0.4, -0.2) is 25.1 Å². The third kappa shape index (κ3) is 0.895. The molecule has 0 saturated heterocycles. The van der Waals surface area contributed by atoms with Gasteiger partial charge in [0.25, 0.3) is 0 Å². The molecule has 2 aliphatic heterocycles. The summed E-state index contributed by atoms with van der Waals surface area (Å²) >= 11 is 0. The molecule has 2 bridgehead atoms. The summed E-state index contributed by atoms with van der Waals surface area (Å²) in [4.78, 5) is 26.7. The van der Waals surface area contributed by atoms with Crippen LogP contribution in [0.1, 0.15) is 18.5 Å². The van der Waals surface area contributed by atoms with Crippen molar-refractivity contribution >= 4 is 0 Å². The second-order valence-corrected chi connectivity index (χ2v) is 9.13. The lowest BCUT2D eigenvalue weighted by Crippen LogP contribution is -2.53. The topological polar surface area (TPSA) is 69.2 Å². The molecule has 6 heteroatoms. The summed E-state index contributed by atoms with van der Waals surface area (Å²) in [6, 6.07) is 9.41. The molecular formula is C20H17N3O3. The van der Waals surface area contributed by atoms with Gasteiger partial charge >= 0.3 is 11.4 Å². The molecule has 6 nitrogen and oxygen atoms in total. The Kier molecular flexibility index (Phi) is 1.65. The molecule has 0 radical (unpaired) electrons. The summed E-state index contributed by atoms with van der Waals surface area (Å²) in [5, 5.41) is 10.3. The predicted octanol–water partition coefficient (Wildman–Crippen LogP) is 0.709. The number of aromatic nitrogens is 3. The first-order valence-corrected chi connectivity index (χ1v) is 9.53. The molecule has 7 aliphatic rings. The maximum absolute atomic E-state index is 13.3. The molecule has 4 fully saturated rings. The Balaban J connectivity index is 1.47. The van der Waals surface area contributed by atoms with Crippen LogP contribution in [0.2, 0.25) is 0 Å². The maximum Gasteiger partial charge on any atom is 0.352 e. The zero-order valence-electron chi connectivity index (χ0n) is 13.9. The number of hydrogen-bond donors (Lipinski definition) is 1. The van der Waals surface area contributed by atoms with Crippen LogP contribution in [0.25, 0.3) is 5.69 Å². The van der Waals surface area contributed by atoms with Gasteiger partial charge in [0.1, 0.15) is 0 Å². The van der Waals surface area contributed by atoms with Gasteiger partial charge in [-0.25, -0.2) is 23.5 Å². The van der Waals surface area contributed by atoms with Crippen molar-refractivity contribution in [3.8, 4) is 5.69 Å². The SMILES string of the molecule is O=c1n(-c2ccccc2)c(=O)n2n1[C@H]1[C@@H]3[C@@H]4[C@@H]3[C@@H]3[C@]15C=C[C@H](O)C[C@]35[C@H]42. The molecule has 3 heterocycles. The van der Waals surface area contributed by atoms with Gasteiger partial charge in [-0.05, 0) is 42.2 Å². The second kappa shape index (κ2) is 3.31. The van der Waals surface area contributed by atoms with Gasteiger partial charge in [0.15, 0.2) is 0 Å². The van der Waals surface area contributed by atoms with Gasteiger partial charge in [0, 0.05) is 10.8 Å². The molecule has 2 spiro atoms. The number of aliphatic hydroxyl groups is 1. The minimum Gasteiger partial charge on any atom is -0.389 e. The summed E-state index contributed by atoms with van der Waals surface area (Å²) in [6.07, 6.45) is 4.47. The molecule has 1 aromatic heterocycles. The van der Waals surface area contributed by atoms with Crippen LogP contribution in [0.4, 0.5) is 0 Å². The molecule has 9 atom stereocenters. The zero-order valence-corrected chi connectivity index (χ0v) is 13.9. The molecule has 5 aliphatic carbocycles. The normalized spacial score (nSPS) is 52.0. The number of allylic oxidation sites excluding steroid dienone is 1. The van der Waals surface area contributed by atoms with Crippen molar-refractivity contribution < 1.29 is 5.11 Å². The number of benzene rings is 1. The summed E-state index contributed by atoms with van der Waals surface area (Å²) in [6.45, 7) is 0. The number of hydrogen-bond acceptors (Lipinski definition) is 3. The van der Waals surface area contributed by atoms with Gasteiger partial charge in [0.05, 0.1) is 23.9 Å². The largest absolute Gasteiger partial charge is 0.389 e. The lowest BCUT2D eigenvalue weighted by molar-refractivity contribution is -0.00744. The van der Waals surface area contributed by atoms with E-state index in [0.29, 0.717) is 29.4 Å². The molecule has 1 N–H and O–H groups in total. The van der Waals surface area contributed by atoms with E-state index in [2.05, 4.69) is 6.08 Å². The Morgan fingerprint density at radius 2 is 1.65 bits per heavy atom. The van der Waals surface area contributed by atoms with E-state index in [-0.39, 0.29) is 34.3 Å². The number of para-hydroxylation sites is 1. The molecule has 130 valence electrons. The van der Waals surface area contributed by atoms with E-state index >= 15 is 0 Å². The van der Waals surface area contributed by atoms with Crippen molar-refractivity contribution in [3.63, 3.8) is 0 Å². The first kappa shape index (κ1) is 12.9. The van der Waals surface area contributed by atoms with E-state index in [9.17, 15) is 14.7 Å². The highest BCUT2D eigenvalue weighted by atomic mass is 16.3. The van der Waals surface area contributed by atoms with Gasteiger partial charge in [-0.15, -0.1) is 0 Å². The Morgan fingerprint density at radius 3 is 2.42 bits per heavy atom. The standard InChI is InChI=1S/C20H17N3O3/c24-10-6-7-19-14-11-12-13(11)16(20(14,19)8-10)23-18(26)21(9-4-2-1-3-5-9)17(25)22(23)15(12)19/h1-7,10-16,24H,8H2/t10-,11+,12-,13-,14+,15-,16-,19+,20+/m0/s1. The number of nitrogens with zero attached hydrogens (tertiary/aromatic N) is 3. The molecule has 9 rings (SSSR count). The van der Waals surface area contributed by atoms with Crippen molar-refractivity contribution in [3.05, 3.63) is 63.5 Å². The van der Waals surface area contributed by atoms with E-state index in [1.54, 1.807) is 9.36 Å². The first-order chi connectivity index (χ1) is 12.6. The van der Waals surface area contributed by atoms with E-state index in [1.807, 2.05) is 36.4 Å². The van der Waals surface area contributed by atoms with E-state index in [1.165, 1.54) is 4.57 Å². The van der Waals surface area contributed by atoms with Crippen LogP contribution in [0, 0.1) is 34.5 Å². The molecular weight excluding hydrogens is 330 g/mol. The molecule has 2 aromatic rings. The Morgan fingerprint density at radius 1 is 0.962 bits per heavy atom. The van der Waals surface area contributed by atoms with Crippen molar-refractivity contribution in [2.45, 2.75) is 24.6 Å².